The van der Waals surface area contributed by atoms with Crippen LogP contribution in [-0.4, -0.2) is 55.1 Å². The number of aromatic nitrogens is 2. The molecule has 1 saturated carbocycles. The highest BCUT2D eigenvalue weighted by Crippen LogP contribution is 2.37. The molecular weight excluding hydrogens is 675 g/mol. The minimum atomic E-state index is -0.305. The molecule has 284 valence electrons. The zero-order valence-electron chi connectivity index (χ0n) is 32.7. The largest absolute Gasteiger partial charge is 0.495 e. The first-order valence-electron chi connectivity index (χ1n) is 18.0. The molecule has 0 saturated heterocycles. The molecule has 5 rings (SSSR count). The molecule has 2 unspecified atom stereocenters. The number of nitrogens with one attached hydrogen (secondary N) is 1. The summed E-state index contributed by atoms with van der Waals surface area (Å²) in [4.78, 5) is 14.0. The predicted octanol–water partition coefficient (Wildman–Crippen LogP) is 9.56. The molecule has 52 heavy (non-hydrogen) atoms. The fraction of sp³-hybridized carbons (Fsp3) is 0.405. The van der Waals surface area contributed by atoms with Crippen LogP contribution in [0.5, 0.6) is 5.75 Å². The molecule has 0 spiro atoms. The monoisotopic (exact) mass is 734 g/mol. The number of hydrogen-bond acceptors (Lipinski definition) is 8. The lowest BCUT2D eigenvalue weighted by atomic mass is 9.87. The number of aliphatic hydroxyl groups excluding tert-OH is 1. The van der Waals surface area contributed by atoms with Gasteiger partial charge in [-0.15, -0.1) is 0 Å². The summed E-state index contributed by atoms with van der Waals surface area (Å²) < 4.78 is 20.2. The number of anilines is 1. The summed E-state index contributed by atoms with van der Waals surface area (Å²) in [5.74, 6) is 0.240. The van der Waals surface area contributed by atoms with Gasteiger partial charge in [0.15, 0.2) is 0 Å². The van der Waals surface area contributed by atoms with Crippen molar-refractivity contribution in [3.63, 3.8) is 0 Å². The zero-order valence-corrected chi connectivity index (χ0v) is 33.5. The lowest BCUT2D eigenvalue weighted by molar-refractivity contribution is 0.399. The van der Waals surface area contributed by atoms with E-state index in [9.17, 15) is 4.39 Å². The Labute approximate surface area is 316 Å². The molecular formula is C42H60ClFN6O2. The van der Waals surface area contributed by atoms with Crippen molar-refractivity contribution in [2.24, 2.45) is 10.7 Å². The van der Waals surface area contributed by atoms with Gasteiger partial charge in [-0.2, -0.15) is 0 Å². The number of rotatable bonds is 12. The van der Waals surface area contributed by atoms with Crippen LogP contribution in [0.25, 0.3) is 17.0 Å². The van der Waals surface area contributed by atoms with Gasteiger partial charge in [0, 0.05) is 60.6 Å². The lowest BCUT2D eigenvalue weighted by Crippen LogP contribution is -2.23. The summed E-state index contributed by atoms with van der Waals surface area (Å²) in [5, 5.41) is 11.0. The molecule has 2 heterocycles. The van der Waals surface area contributed by atoms with Crippen molar-refractivity contribution in [1.29, 1.82) is 0 Å². The van der Waals surface area contributed by atoms with Gasteiger partial charge < -0.3 is 26.6 Å². The first-order chi connectivity index (χ1) is 25.2. The van der Waals surface area contributed by atoms with Crippen molar-refractivity contribution in [2.75, 3.05) is 33.5 Å². The van der Waals surface area contributed by atoms with Gasteiger partial charge >= 0.3 is 0 Å². The quantitative estimate of drug-likeness (QED) is 0.0842. The Morgan fingerprint density at radius 2 is 1.81 bits per heavy atom. The van der Waals surface area contributed by atoms with Gasteiger partial charge in [0.05, 0.1) is 35.2 Å². The van der Waals surface area contributed by atoms with E-state index in [4.69, 9.17) is 32.2 Å². The Morgan fingerprint density at radius 3 is 2.38 bits per heavy atom. The predicted molar refractivity (Wildman–Crippen MR) is 220 cm³/mol. The SMILES string of the molecule is C=C(NCC(c1cccc(F)c1)c1cc(C(C)CC)c(C)c(-c2ccncc2Cl)n1)c1cc(C=NC2CC2)c(N)c(OC)c1.CC.CC.CN.CO. The molecule has 2 atom stereocenters. The third kappa shape index (κ3) is 12.4. The summed E-state index contributed by atoms with van der Waals surface area (Å²) in [6.07, 6.45) is 8.33. The molecule has 1 aliphatic rings. The van der Waals surface area contributed by atoms with Crippen LogP contribution in [0.15, 0.2) is 72.5 Å². The second-order valence-electron chi connectivity index (χ2n) is 11.4. The van der Waals surface area contributed by atoms with Crippen molar-refractivity contribution in [1.82, 2.24) is 15.3 Å². The maximum Gasteiger partial charge on any atom is 0.143 e. The number of nitrogens with two attached hydrogens (primary N) is 2. The number of pyridine rings is 2. The van der Waals surface area contributed by atoms with Crippen molar-refractivity contribution in [3.8, 4) is 17.0 Å². The average molecular weight is 735 g/mol. The summed E-state index contributed by atoms with van der Waals surface area (Å²) >= 11 is 6.62. The first kappa shape index (κ1) is 45.7. The van der Waals surface area contributed by atoms with Crippen LogP contribution < -0.4 is 21.5 Å². The summed E-state index contributed by atoms with van der Waals surface area (Å²) in [7, 11) is 4.10. The minimum Gasteiger partial charge on any atom is -0.495 e. The number of hydrogen-bond donors (Lipinski definition) is 4. The van der Waals surface area contributed by atoms with Crippen LogP contribution in [0.2, 0.25) is 5.02 Å². The molecule has 8 nitrogen and oxygen atoms in total. The molecule has 2 aromatic carbocycles. The Hall–Kier alpha value is -4.31. The van der Waals surface area contributed by atoms with Gasteiger partial charge in [0.1, 0.15) is 11.6 Å². The Bertz CT molecular complexity index is 1710. The minimum absolute atomic E-state index is 0.283. The third-order valence-corrected chi connectivity index (χ3v) is 8.65. The van der Waals surface area contributed by atoms with Gasteiger partial charge in [0.2, 0.25) is 0 Å². The maximum absolute atomic E-state index is 14.6. The number of nitrogen functional groups attached to an aromatic ring is 1. The number of halogens is 2. The van der Waals surface area contributed by atoms with E-state index in [-0.39, 0.29) is 17.7 Å². The van der Waals surface area contributed by atoms with E-state index in [1.165, 1.54) is 18.7 Å². The summed E-state index contributed by atoms with van der Waals surface area (Å²) in [6, 6.07) is 14.9. The Balaban J connectivity index is 0.00000158. The molecule has 2 aromatic heterocycles. The van der Waals surface area contributed by atoms with E-state index < -0.39 is 0 Å². The van der Waals surface area contributed by atoms with Crippen LogP contribution in [0.1, 0.15) is 106 Å². The topological polar surface area (TPSA) is 132 Å². The van der Waals surface area contributed by atoms with E-state index in [0.29, 0.717) is 34.7 Å². The van der Waals surface area contributed by atoms with Crippen molar-refractivity contribution < 1.29 is 14.2 Å². The molecule has 4 aromatic rings. The Kier molecular flexibility index (Phi) is 21.1. The molecule has 0 bridgehead atoms. The molecule has 10 heteroatoms. The zero-order chi connectivity index (χ0) is 39.4. The summed E-state index contributed by atoms with van der Waals surface area (Å²) in [6.45, 7) is 19.2. The molecule has 1 aliphatic carbocycles. The molecule has 0 amide bonds. The molecule has 0 radical (unpaired) electrons. The normalized spacial score (nSPS) is 12.7. The Morgan fingerprint density at radius 1 is 1.13 bits per heavy atom. The van der Waals surface area contributed by atoms with E-state index in [2.05, 4.69) is 54.4 Å². The van der Waals surface area contributed by atoms with E-state index >= 15 is 0 Å². The maximum atomic E-state index is 14.6. The molecule has 0 aliphatic heterocycles. The second-order valence-corrected chi connectivity index (χ2v) is 11.8. The van der Waals surface area contributed by atoms with Gasteiger partial charge in [0.25, 0.3) is 0 Å². The van der Waals surface area contributed by atoms with E-state index in [1.54, 1.807) is 31.6 Å². The second kappa shape index (κ2) is 24.0. The van der Waals surface area contributed by atoms with Crippen molar-refractivity contribution in [3.05, 3.63) is 112 Å². The highest BCUT2D eigenvalue weighted by Gasteiger charge is 2.24. The smallest absolute Gasteiger partial charge is 0.143 e. The highest BCUT2D eigenvalue weighted by molar-refractivity contribution is 6.33. The molecule has 6 N–H and O–H groups in total. The van der Waals surface area contributed by atoms with Crippen LogP contribution in [-0.2, 0) is 0 Å². The van der Waals surface area contributed by atoms with Gasteiger partial charge in [-0.1, -0.05) is 71.9 Å². The fourth-order valence-electron chi connectivity index (χ4n) is 5.34. The summed E-state index contributed by atoms with van der Waals surface area (Å²) in [5.41, 5.74) is 19.2. The third-order valence-electron chi connectivity index (χ3n) is 8.34. The van der Waals surface area contributed by atoms with Crippen molar-refractivity contribution >= 4 is 29.2 Å². The van der Waals surface area contributed by atoms with E-state index in [1.807, 2.05) is 58.2 Å². The fourth-order valence-corrected chi connectivity index (χ4v) is 5.55. The van der Waals surface area contributed by atoms with Crippen LogP contribution in [0, 0.1) is 12.7 Å². The molecule has 1 fully saturated rings. The number of aliphatic imine (C=N–C) groups is 1. The van der Waals surface area contributed by atoms with Gasteiger partial charge in [-0.05, 0) is 92.2 Å². The average Bonchev–Trinajstić information content (AvgIpc) is 4.03. The van der Waals surface area contributed by atoms with Crippen molar-refractivity contribution in [2.45, 2.75) is 85.6 Å². The highest BCUT2D eigenvalue weighted by atomic mass is 35.5. The van der Waals surface area contributed by atoms with Crippen LogP contribution in [0.4, 0.5) is 10.1 Å². The number of aliphatic hydroxyl groups is 1. The lowest BCUT2D eigenvalue weighted by Gasteiger charge is -2.24. The number of methoxy groups -OCH3 is 1. The van der Waals surface area contributed by atoms with Crippen LogP contribution >= 0.6 is 11.6 Å². The number of nitrogens with zero attached hydrogens (tertiary/aromatic N) is 3. The van der Waals surface area contributed by atoms with Gasteiger partial charge in [-0.25, -0.2) is 4.39 Å². The van der Waals surface area contributed by atoms with E-state index in [0.717, 1.165) is 65.6 Å². The number of benzene rings is 2. The van der Waals surface area contributed by atoms with Gasteiger partial charge in [-0.3, -0.25) is 15.0 Å². The standard InChI is InChI=1S/C36H39ClFN5O.2C2H6.CH5N.CH4O/c1-6-21(2)30-17-33(43-36(22(30)3)29-12-13-40-20-32(29)37)31(24-8-7-9-27(38)15-24)19-41-23(4)25-14-26(18-42-28-10-11-28)35(39)34(16-25)44-5;4*1-2/h7-9,12-18,20-21,28,31,41H,4,6,10-11,19,39H2,1-3,5H3;2*1-2H3;2H2,1H3;2H,1H3. The van der Waals surface area contributed by atoms with Crippen LogP contribution in [0.3, 0.4) is 0 Å². The first-order valence-corrected chi connectivity index (χ1v) is 18.4. The number of ether oxygens (including phenoxy) is 1.